The summed E-state index contributed by atoms with van der Waals surface area (Å²) in [5.74, 6) is 0.268. The Morgan fingerprint density at radius 2 is 1.87 bits per heavy atom. The summed E-state index contributed by atoms with van der Waals surface area (Å²) in [6, 6.07) is 14.1. The lowest BCUT2D eigenvalue weighted by Gasteiger charge is -2.17. The number of benzene rings is 2. The molecule has 2 aromatic carbocycles. The fourth-order valence-electron chi connectivity index (χ4n) is 2.86. The molecule has 0 aliphatic rings. The third kappa shape index (κ3) is 8.92. The van der Waals surface area contributed by atoms with Crippen molar-refractivity contribution in [3.8, 4) is 0 Å². The second kappa shape index (κ2) is 11.7. The van der Waals surface area contributed by atoms with Crippen molar-refractivity contribution < 1.29 is 17.5 Å². The van der Waals surface area contributed by atoms with Gasteiger partial charge in [0.15, 0.2) is 15.8 Å². The first-order valence-corrected chi connectivity index (χ1v) is 11.8. The van der Waals surface area contributed by atoms with Gasteiger partial charge in [0, 0.05) is 26.4 Å². The zero-order valence-electron chi connectivity index (χ0n) is 17.7. The van der Waals surface area contributed by atoms with E-state index in [1.807, 2.05) is 30.3 Å². The van der Waals surface area contributed by atoms with E-state index in [2.05, 4.69) is 22.5 Å². The van der Waals surface area contributed by atoms with E-state index in [0.29, 0.717) is 36.8 Å². The Kier molecular flexibility index (Phi) is 9.26. The quantitative estimate of drug-likeness (QED) is 0.443. The van der Waals surface area contributed by atoms with Gasteiger partial charge in [-0.1, -0.05) is 43.3 Å². The number of hydrogen-bond acceptors (Lipinski definition) is 4. The molecular formula is C22H30FN3O3S. The Labute approximate surface area is 178 Å². The summed E-state index contributed by atoms with van der Waals surface area (Å²) in [4.78, 5) is 4.17. The Morgan fingerprint density at radius 3 is 2.53 bits per heavy atom. The van der Waals surface area contributed by atoms with E-state index in [1.165, 1.54) is 18.2 Å². The molecule has 0 amide bonds. The van der Waals surface area contributed by atoms with E-state index in [1.54, 1.807) is 7.05 Å². The molecule has 0 aliphatic heterocycles. The SMILES string of the molecule is CN=C(NCc1cc(F)ccc1CS(C)(=O)=O)NCC(C)COCc1ccccc1. The lowest BCUT2D eigenvalue weighted by molar-refractivity contribution is 0.0931. The van der Waals surface area contributed by atoms with Gasteiger partial charge in [0.25, 0.3) is 0 Å². The predicted octanol–water partition coefficient (Wildman–Crippen LogP) is 2.89. The molecule has 1 atom stereocenters. The molecule has 0 spiro atoms. The highest BCUT2D eigenvalue weighted by molar-refractivity contribution is 7.89. The lowest BCUT2D eigenvalue weighted by atomic mass is 10.1. The second-order valence-electron chi connectivity index (χ2n) is 7.40. The molecule has 0 aromatic heterocycles. The molecule has 8 heteroatoms. The third-order valence-corrected chi connectivity index (χ3v) is 5.22. The number of ether oxygens (including phenoxy) is 1. The average molecular weight is 436 g/mol. The Balaban J connectivity index is 1.81. The van der Waals surface area contributed by atoms with E-state index in [9.17, 15) is 12.8 Å². The van der Waals surface area contributed by atoms with Crippen LogP contribution in [0.4, 0.5) is 4.39 Å². The van der Waals surface area contributed by atoms with E-state index in [-0.39, 0.29) is 18.2 Å². The van der Waals surface area contributed by atoms with Crippen LogP contribution in [-0.4, -0.2) is 40.8 Å². The summed E-state index contributed by atoms with van der Waals surface area (Å²) in [6.45, 7) is 4.15. The molecule has 0 fully saturated rings. The predicted molar refractivity (Wildman–Crippen MR) is 118 cm³/mol. The Morgan fingerprint density at radius 1 is 1.13 bits per heavy atom. The van der Waals surface area contributed by atoms with Crippen LogP contribution in [-0.2, 0) is 33.5 Å². The zero-order chi connectivity index (χ0) is 22.0. The number of aliphatic imine (C=N–C) groups is 1. The van der Waals surface area contributed by atoms with Crippen molar-refractivity contribution in [1.82, 2.24) is 10.6 Å². The van der Waals surface area contributed by atoms with Gasteiger partial charge in [-0.2, -0.15) is 0 Å². The topological polar surface area (TPSA) is 79.8 Å². The normalized spacial score (nSPS) is 13.1. The van der Waals surface area contributed by atoms with E-state index >= 15 is 0 Å². The molecule has 30 heavy (non-hydrogen) atoms. The first-order chi connectivity index (χ1) is 14.3. The molecule has 6 nitrogen and oxygen atoms in total. The molecule has 0 aliphatic carbocycles. The van der Waals surface area contributed by atoms with Crippen LogP contribution >= 0.6 is 0 Å². The summed E-state index contributed by atoms with van der Waals surface area (Å²) < 4.78 is 42.6. The molecule has 0 saturated carbocycles. The van der Waals surface area contributed by atoms with E-state index in [0.717, 1.165) is 11.8 Å². The van der Waals surface area contributed by atoms with Crippen LogP contribution in [0.15, 0.2) is 53.5 Å². The molecule has 2 N–H and O–H groups in total. The maximum Gasteiger partial charge on any atom is 0.191 e. The number of halogens is 1. The van der Waals surface area contributed by atoms with Crippen LogP contribution in [0.3, 0.4) is 0 Å². The Hall–Kier alpha value is -2.45. The molecule has 0 bridgehead atoms. The number of nitrogens with one attached hydrogen (secondary N) is 2. The third-order valence-electron chi connectivity index (χ3n) is 4.39. The first kappa shape index (κ1) is 23.8. The van der Waals surface area contributed by atoms with Crippen LogP contribution in [0.5, 0.6) is 0 Å². The van der Waals surface area contributed by atoms with Gasteiger partial charge in [-0.15, -0.1) is 0 Å². The van der Waals surface area contributed by atoms with Crippen LogP contribution in [0.25, 0.3) is 0 Å². The van der Waals surface area contributed by atoms with Gasteiger partial charge in [-0.3, -0.25) is 4.99 Å². The van der Waals surface area contributed by atoms with Gasteiger partial charge in [0.1, 0.15) is 5.82 Å². The van der Waals surface area contributed by atoms with Crippen molar-refractivity contribution in [2.75, 3.05) is 26.5 Å². The Bertz CT molecular complexity index is 934. The molecule has 164 valence electrons. The summed E-state index contributed by atoms with van der Waals surface area (Å²) in [5, 5.41) is 6.33. The maximum absolute atomic E-state index is 13.6. The fourth-order valence-corrected chi connectivity index (χ4v) is 3.71. The molecule has 2 rings (SSSR count). The summed E-state index contributed by atoms with van der Waals surface area (Å²) in [7, 11) is -1.57. The van der Waals surface area contributed by atoms with Crippen LogP contribution in [0.2, 0.25) is 0 Å². The zero-order valence-corrected chi connectivity index (χ0v) is 18.5. The minimum absolute atomic E-state index is 0.133. The number of nitrogens with zero attached hydrogens (tertiary/aromatic N) is 1. The minimum atomic E-state index is -3.22. The lowest BCUT2D eigenvalue weighted by Crippen LogP contribution is -2.39. The van der Waals surface area contributed by atoms with Gasteiger partial charge in [-0.05, 0) is 34.7 Å². The maximum atomic E-state index is 13.6. The minimum Gasteiger partial charge on any atom is -0.376 e. The largest absolute Gasteiger partial charge is 0.376 e. The van der Waals surface area contributed by atoms with Crippen molar-refractivity contribution in [1.29, 1.82) is 0 Å². The van der Waals surface area contributed by atoms with Gasteiger partial charge < -0.3 is 15.4 Å². The van der Waals surface area contributed by atoms with Gasteiger partial charge in [-0.25, -0.2) is 12.8 Å². The number of hydrogen-bond donors (Lipinski definition) is 2. The van der Waals surface area contributed by atoms with Crippen molar-refractivity contribution in [3.05, 3.63) is 71.0 Å². The molecule has 1 unspecified atom stereocenters. The highest BCUT2D eigenvalue weighted by Crippen LogP contribution is 2.14. The highest BCUT2D eigenvalue weighted by atomic mass is 32.2. The number of sulfone groups is 1. The standard InChI is InChI=1S/C22H30FN3O3S/c1-17(14-29-15-18-7-5-4-6-8-18)12-25-22(24-2)26-13-20-11-21(23)10-9-19(20)16-30(3,27)28/h4-11,17H,12-16H2,1-3H3,(H2,24,25,26). The van der Waals surface area contributed by atoms with Crippen molar-refractivity contribution in [2.24, 2.45) is 10.9 Å². The van der Waals surface area contributed by atoms with Crippen molar-refractivity contribution >= 4 is 15.8 Å². The number of guanidine groups is 1. The monoisotopic (exact) mass is 435 g/mol. The van der Waals surface area contributed by atoms with Crippen molar-refractivity contribution in [3.63, 3.8) is 0 Å². The smallest absolute Gasteiger partial charge is 0.191 e. The van der Waals surface area contributed by atoms with Crippen LogP contribution in [0.1, 0.15) is 23.6 Å². The van der Waals surface area contributed by atoms with Gasteiger partial charge in [0.2, 0.25) is 0 Å². The average Bonchev–Trinajstić information content (AvgIpc) is 2.70. The molecule has 2 aromatic rings. The number of rotatable bonds is 10. The van der Waals surface area contributed by atoms with Gasteiger partial charge >= 0.3 is 0 Å². The van der Waals surface area contributed by atoms with Crippen LogP contribution < -0.4 is 10.6 Å². The molecule has 0 saturated heterocycles. The molecule has 0 heterocycles. The summed E-state index contributed by atoms with van der Waals surface area (Å²) in [5.41, 5.74) is 2.29. The fraction of sp³-hybridized carbons (Fsp3) is 0.409. The molecule has 0 radical (unpaired) electrons. The highest BCUT2D eigenvalue weighted by Gasteiger charge is 2.11. The van der Waals surface area contributed by atoms with E-state index < -0.39 is 15.7 Å². The van der Waals surface area contributed by atoms with E-state index in [4.69, 9.17) is 4.74 Å². The van der Waals surface area contributed by atoms with Gasteiger partial charge in [0.05, 0.1) is 19.0 Å². The molecular weight excluding hydrogens is 405 g/mol. The summed E-state index contributed by atoms with van der Waals surface area (Å²) in [6.07, 6.45) is 1.16. The first-order valence-electron chi connectivity index (χ1n) is 9.78. The van der Waals surface area contributed by atoms with Crippen molar-refractivity contribution in [2.45, 2.75) is 25.8 Å². The second-order valence-corrected chi connectivity index (χ2v) is 9.54. The summed E-state index contributed by atoms with van der Waals surface area (Å²) >= 11 is 0. The van der Waals surface area contributed by atoms with Crippen LogP contribution in [0, 0.1) is 11.7 Å².